The summed E-state index contributed by atoms with van der Waals surface area (Å²) in [5.41, 5.74) is 1.78. The molecule has 0 amide bonds. The Balaban J connectivity index is 2.19. The van der Waals surface area contributed by atoms with Crippen LogP contribution >= 0.6 is 11.8 Å². The van der Waals surface area contributed by atoms with Crippen molar-refractivity contribution in [2.75, 3.05) is 0 Å². The van der Waals surface area contributed by atoms with Crippen LogP contribution in [0.1, 0.15) is 5.56 Å². The van der Waals surface area contributed by atoms with Gasteiger partial charge in [0.2, 0.25) is 6.08 Å². The van der Waals surface area contributed by atoms with E-state index in [1.807, 2.05) is 49.4 Å². The van der Waals surface area contributed by atoms with Gasteiger partial charge < -0.3 is 0 Å². The molecule has 0 spiro atoms. The van der Waals surface area contributed by atoms with E-state index in [-0.39, 0.29) is 0 Å². The first-order chi connectivity index (χ1) is 10.3. The minimum Gasteiger partial charge on any atom is -0.211 e. The Morgan fingerprint density at radius 3 is 2.52 bits per heavy atom. The Kier molecular flexibility index (Phi) is 3.87. The third-order valence-electron chi connectivity index (χ3n) is 3.32. The van der Waals surface area contributed by atoms with Crippen LogP contribution in [0.4, 0.5) is 5.69 Å². The summed E-state index contributed by atoms with van der Waals surface area (Å²) >= 11 is 1.71. The molecule has 0 aliphatic heterocycles. The number of rotatable bonds is 3. The summed E-state index contributed by atoms with van der Waals surface area (Å²) < 4.78 is 0. The molecular formula is C18H13NOS. The molecule has 0 N–H and O–H groups in total. The average Bonchev–Trinajstić information content (AvgIpc) is 2.51. The number of isocyanates is 1. The molecule has 0 aliphatic carbocycles. The lowest BCUT2D eigenvalue weighted by Gasteiger charge is -2.10. The van der Waals surface area contributed by atoms with Crippen LogP contribution in [0.2, 0.25) is 0 Å². The zero-order chi connectivity index (χ0) is 14.7. The lowest BCUT2D eigenvalue weighted by Crippen LogP contribution is -1.83. The van der Waals surface area contributed by atoms with Crippen molar-refractivity contribution in [3.8, 4) is 0 Å². The number of hydrogen-bond donors (Lipinski definition) is 0. The van der Waals surface area contributed by atoms with Gasteiger partial charge in [0.1, 0.15) is 0 Å². The molecule has 102 valence electrons. The first-order valence-electron chi connectivity index (χ1n) is 6.62. The van der Waals surface area contributed by atoms with Gasteiger partial charge in [-0.1, -0.05) is 48.2 Å². The Labute approximate surface area is 127 Å². The summed E-state index contributed by atoms with van der Waals surface area (Å²) in [6, 6.07) is 20.3. The van der Waals surface area contributed by atoms with Gasteiger partial charge in [-0.3, -0.25) is 0 Å². The summed E-state index contributed by atoms with van der Waals surface area (Å²) in [7, 11) is 0. The number of fused-ring (bicyclic) bond motifs is 1. The van der Waals surface area contributed by atoms with Crippen molar-refractivity contribution in [1.82, 2.24) is 0 Å². The molecule has 0 fully saturated rings. The van der Waals surface area contributed by atoms with Gasteiger partial charge in [0.25, 0.3) is 0 Å². The zero-order valence-corrected chi connectivity index (χ0v) is 12.4. The Hall–Kier alpha value is -2.35. The maximum absolute atomic E-state index is 10.6. The molecular weight excluding hydrogens is 278 g/mol. The van der Waals surface area contributed by atoms with E-state index in [0.717, 1.165) is 21.2 Å². The third kappa shape index (κ3) is 2.75. The number of aryl methyl sites for hydroxylation is 1. The van der Waals surface area contributed by atoms with Gasteiger partial charge in [-0.25, -0.2) is 4.79 Å². The van der Waals surface area contributed by atoms with E-state index in [0.29, 0.717) is 5.69 Å². The highest BCUT2D eigenvalue weighted by Crippen LogP contribution is 2.38. The highest BCUT2D eigenvalue weighted by Gasteiger charge is 2.09. The Morgan fingerprint density at radius 1 is 0.952 bits per heavy atom. The molecule has 0 saturated heterocycles. The van der Waals surface area contributed by atoms with Gasteiger partial charge in [-0.2, -0.15) is 4.99 Å². The van der Waals surface area contributed by atoms with Crippen LogP contribution in [0.3, 0.4) is 0 Å². The van der Waals surface area contributed by atoms with E-state index in [9.17, 15) is 4.79 Å². The number of aliphatic imine (C=N–C) groups is 1. The fourth-order valence-electron chi connectivity index (χ4n) is 2.39. The smallest absolute Gasteiger partial charge is 0.211 e. The van der Waals surface area contributed by atoms with Crippen LogP contribution in [0.25, 0.3) is 10.8 Å². The number of benzene rings is 3. The molecule has 3 rings (SSSR count). The average molecular weight is 291 g/mol. The van der Waals surface area contributed by atoms with Crippen LogP contribution < -0.4 is 0 Å². The van der Waals surface area contributed by atoms with E-state index in [1.165, 1.54) is 4.90 Å². The van der Waals surface area contributed by atoms with Crippen LogP contribution in [-0.2, 0) is 4.79 Å². The minimum absolute atomic E-state index is 0.676. The van der Waals surface area contributed by atoms with Crippen molar-refractivity contribution in [3.63, 3.8) is 0 Å². The number of nitrogens with zero attached hydrogens (tertiary/aromatic N) is 1. The number of hydrogen-bond acceptors (Lipinski definition) is 3. The van der Waals surface area contributed by atoms with Crippen molar-refractivity contribution >= 4 is 34.3 Å². The minimum atomic E-state index is 0.676. The maximum atomic E-state index is 10.6. The van der Waals surface area contributed by atoms with Gasteiger partial charge in [0.05, 0.1) is 5.69 Å². The van der Waals surface area contributed by atoms with Gasteiger partial charge >= 0.3 is 0 Å². The summed E-state index contributed by atoms with van der Waals surface area (Å²) in [6.45, 7) is 2.03. The fraction of sp³-hybridized carbons (Fsp3) is 0.0556. The van der Waals surface area contributed by atoms with Crippen molar-refractivity contribution in [2.24, 2.45) is 4.99 Å². The van der Waals surface area contributed by atoms with Crippen LogP contribution in [0.5, 0.6) is 0 Å². The molecule has 3 heteroatoms. The lowest BCUT2D eigenvalue weighted by molar-refractivity contribution is 0.565. The lowest BCUT2D eigenvalue weighted by atomic mass is 10.0. The normalized spacial score (nSPS) is 10.3. The molecule has 2 nitrogen and oxygen atoms in total. The molecule has 0 heterocycles. The van der Waals surface area contributed by atoms with Gasteiger partial charge in [0, 0.05) is 15.2 Å². The van der Waals surface area contributed by atoms with E-state index in [1.54, 1.807) is 17.8 Å². The van der Waals surface area contributed by atoms with Crippen molar-refractivity contribution in [2.45, 2.75) is 16.7 Å². The molecule has 0 bridgehead atoms. The van der Waals surface area contributed by atoms with Crippen LogP contribution in [-0.4, -0.2) is 6.08 Å². The molecule has 3 aromatic rings. The van der Waals surface area contributed by atoms with Crippen molar-refractivity contribution in [1.29, 1.82) is 0 Å². The first-order valence-corrected chi connectivity index (χ1v) is 7.44. The monoisotopic (exact) mass is 291 g/mol. The van der Waals surface area contributed by atoms with Crippen LogP contribution in [0.15, 0.2) is 75.4 Å². The quantitative estimate of drug-likeness (QED) is 0.486. The molecule has 0 unspecified atom stereocenters. The second-order valence-corrected chi connectivity index (χ2v) is 5.81. The summed E-state index contributed by atoms with van der Waals surface area (Å²) in [5.74, 6) is 0. The predicted octanol–water partition coefficient (Wildman–Crippen LogP) is 5.27. The SMILES string of the molecule is Cc1cccc2c(Sc3ccccc3)ccc(N=C=O)c12. The second kappa shape index (κ2) is 5.96. The van der Waals surface area contributed by atoms with E-state index >= 15 is 0 Å². The van der Waals surface area contributed by atoms with Crippen molar-refractivity contribution < 1.29 is 4.79 Å². The highest BCUT2D eigenvalue weighted by atomic mass is 32.2. The summed E-state index contributed by atoms with van der Waals surface area (Å²) in [6.07, 6.45) is 1.64. The topological polar surface area (TPSA) is 29.4 Å². The van der Waals surface area contributed by atoms with E-state index in [2.05, 4.69) is 23.2 Å². The van der Waals surface area contributed by atoms with Gasteiger partial charge in [0.15, 0.2) is 0 Å². The largest absolute Gasteiger partial charge is 0.240 e. The standard InChI is InChI=1S/C18H13NOS/c1-13-6-5-9-15-17(21-14-7-3-2-4-8-14)11-10-16(18(13)15)19-12-20/h2-11H,1H3. The van der Waals surface area contributed by atoms with E-state index < -0.39 is 0 Å². The molecule has 21 heavy (non-hydrogen) atoms. The predicted molar refractivity (Wildman–Crippen MR) is 87.0 cm³/mol. The zero-order valence-electron chi connectivity index (χ0n) is 11.5. The van der Waals surface area contributed by atoms with Crippen LogP contribution in [0, 0.1) is 6.92 Å². The molecule has 3 aromatic carbocycles. The molecule has 0 atom stereocenters. The molecule has 0 saturated carbocycles. The van der Waals surface area contributed by atoms with Gasteiger partial charge in [-0.05, 0) is 42.1 Å². The number of carbonyl (C=O) groups excluding carboxylic acids is 1. The maximum Gasteiger partial charge on any atom is 0.240 e. The summed E-state index contributed by atoms with van der Waals surface area (Å²) in [5, 5.41) is 2.13. The summed E-state index contributed by atoms with van der Waals surface area (Å²) in [4.78, 5) is 16.8. The second-order valence-electron chi connectivity index (χ2n) is 4.70. The first kappa shape index (κ1) is 13.6. The van der Waals surface area contributed by atoms with E-state index in [4.69, 9.17) is 0 Å². The fourth-order valence-corrected chi connectivity index (χ4v) is 3.35. The van der Waals surface area contributed by atoms with Gasteiger partial charge in [-0.15, -0.1) is 0 Å². The third-order valence-corrected chi connectivity index (χ3v) is 4.41. The Bertz CT molecular complexity index is 836. The molecule has 0 aliphatic rings. The van der Waals surface area contributed by atoms with Crippen molar-refractivity contribution in [3.05, 3.63) is 66.2 Å². The molecule has 0 aromatic heterocycles. The molecule has 0 radical (unpaired) electrons. The Morgan fingerprint density at radius 2 is 1.76 bits per heavy atom. The highest BCUT2D eigenvalue weighted by molar-refractivity contribution is 7.99.